The monoisotopic (exact) mass is 393 g/mol. The molecule has 8 nitrogen and oxygen atoms in total. The largest absolute Gasteiger partial charge is 0.493 e. The second-order valence-corrected chi connectivity index (χ2v) is 5.87. The zero-order valence-corrected chi connectivity index (χ0v) is 15.7. The minimum Gasteiger partial charge on any atom is -0.493 e. The quantitative estimate of drug-likeness (QED) is 0.577. The molecule has 1 amide bonds. The molecule has 3 rings (SSSR count). The van der Waals surface area contributed by atoms with E-state index >= 15 is 0 Å². The number of hydrogen-bond acceptors (Lipinski definition) is 6. The highest BCUT2D eigenvalue weighted by Gasteiger charge is 2.24. The summed E-state index contributed by atoms with van der Waals surface area (Å²) in [4.78, 5) is 23.2. The van der Waals surface area contributed by atoms with Crippen LogP contribution >= 0.6 is 12.4 Å². The van der Waals surface area contributed by atoms with E-state index in [-0.39, 0.29) is 41.7 Å². The fourth-order valence-electron chi connectivity index (χ4n) is 2.94. The topological polar surface area (TPSA) is 103 Å². The van der Waals surface area contributed by atoms with Gasteiger partial charge in [0.05, 0.1) is 25.2 Å². The number of fused-ring (bicyclic) bond motifs is 1. The third kappa shape index (κ3) is 4.29. The first-order chi connectivity index (χ1) is 12.5. The van der Waals surface area contributed by atoms with Gasteiger partial charge in [-0.05, 0) is 16.7 Å². The van der Waals surface area contributed by atoms with Gasteiger partial charge in [-0.15, -0.1) is 12.4 Å². The Morgan fingerprint density at radius 3 is 2.48 bits per heavy atom. The van der Waals surface area contributed by atoms with Crippen molar-refractivity contribution in [1.82, 2.24) is 10.6 Å². The van der Waals surface area contributed by atoms with Crippen LogP contribution in [-0.2, 0) is 19.6 Å². The van der Waals surface area contributed by atoms with Crippen molar-refractivity contribution in [2.24, 2.45) is 0 Å². The lowest BCUT2D eigenvalue weighted by molar-refractivity contribution is -0.385. The smallest absolute Gasteiger partial charge is 0.286 e. The maximum atomic E-state index is 12.5. The molecular weight excluding hydrogens is 374 g/mol. The molecule has 2 aromatic carbocycles. The summed E-state index contributed by atoms with van der Waals surface area (Å²) in [5, 5.41) is 17.3. The average molecular weight is 394 g/mol. The molecule has 0 saturated heterocycles. The predicted molar refractivity (Wildman–Crippen MR) is 102 cm³/mol. The molecule has 0 aromatic heterocycles. The number of hydrogen-bond donors (Lipinski definition) is 2. The van der Waals surface area contributed by atoms with Crippen LogP contribution in [0.4, 0.5) is 5.69 Å². The summed E-state index contributed by atoms with van der Waals surface area (Å²) >= 11 is 0. The molecule has 144 valence electrons. The van der Waals surface area contributed by atoms with E-state index in [9.17, 15) is 14.9 Å². The van der Waals surface area contributed by atoms with Gasteiger partial charge in [-0.1, -0.05) is 18.2 Å². The lowest BCUT2D eigenvalue weighted by atomic mass is 10.1. The normalized spacial score (nSPS) is 11.9. The van der Waals surface area contributed by atoms with Gasteiger partial charge >= 0.3 is 0 Å². The molecule has 0 atom stereocenters. The molecule has 0 bridgehead atoms. The molecule has 9 heteroatoms. The SMILES string of the molecule is COc1cc(C(=O)NCc2ccc3c(c2)CNC3)c([N+](=O)[O-])cc1OC.Cl. The third-order valence-corrected chi connectivity index (χ3v) is 4.30. The molecule has 0 fully saturated rings. The molecule has 27 heavy (non-hydrogen) atoms. The Bertz CT molecular complexity index is 872. The van der Waals surface area contributed by atoms with Gasteiger partial charge in [-0.2, -0.15) is 0 Å². The van der Waals surface area contributed by atoms with Gasteiger partial charge in [-0.3, -0.25) is 14.9 Å². The summed E-state index contributed by atoms with van der Waals surface area (Å²) in [6, 6.07) is 8.50. The number of carbonyl (C=O) groups excluding carboxylic acids is 1. The summed E-state index contributed by atoms with van der Waals surface area (Å²) in [5.74, 6) is -0.0926. The Balaban J connectivity index is 0.00000261. The number of amides is 1. The van der Waals surface area contributed by atoms with Crippen molar-refractivity contribution < 1.29 is 19.2 Å². The molecule has 0 aliphatic carbocycles. The van der Waals surface area contributed by atoms with Crippen LogP contribution in [-0.4, -0.2) is 25.1 Å². The molecule has 2 N–H and O–H groups in total. The lowest BCUT2D eigenvalue weighted by Crippen LogP contribution is -2.24. The van der Waals surface area contributed by atoms with Gasteiger partial charge in [0.15, 0.2) is 11.5 Å². The molecule has 1 aliphatic heterocycles. The summed E-state index contributed by atoms with van der Waals surface area (Å²) < 4.78 is 10.2. The number of methoxy groups -OCH3 is 2. The van der Waals surface area contributed by atoms with E-state index in [1.807, 2.05) is 18.2 Å². The van der Waals surface area contributed by atoms with E-state index in [2.05, 4.69) is 10.6 Å². The molecule has 0 radical (unpaired) electrons. The van der Waals surface area contributed by atoms with Crippen molar-refractivity contribution in [3.63, 3.8) is 0 Å². The molecular formula is C18H20ClN3O5. The van der Waals surface area contributed by atoms with Gasteiger partial charge < -0.3 is 20.1 Å². The molecule has 1 aliphatic rings. The van der Waals surface area contributed by atoms with Crippen molar-refractivity contribution in [3.05, 3.63) is 62.7 Å². The van der Waals surface area contributed by atoms with Crippen LogP contribution in [0.25, 0.3) is 0 Å². The Labute approximate surface area is 162 Å². The van der Waals surface area contributed by atoms with E-state index in [0.717, 1.165) is 18.7 Å². The number of rotatable bonds is 6. The Morgan fingerprint density at radius 1 is 1.15 bits per heavy atom. The molecule has 2 aromatic rings. The third-order valence-electron chi connectivity index (χ3n) is 4.30. The molecule has 1 heterocycles. The number of nitrogens with one attached hydrogen (secondary N) is 2. The van der Waals surface area contributed by atoms with E-state index in [1.54, 1.807) is 0 Å². The maximum absolute atomic E-state index is 12.5. The van der Waals surface area contributed by atoms with Crippen LogP contribution < -0.4 is 20.1 Å². The zero-order chi connectivity index (χ0) is 18.7. The highest BCUT2D eigenvalue weighted by molar-refractivity contribution is 5.99. The van der Waals surface area contributed by atoms with Crippen molar-refractivity contribution in [3.8, 4) is 11.5 Å². The fraction of sp³-hybridized carbons (Fsp3) is 0.278. The van der Waals surface area contributed by atoms with Crippen LogP contribution in [0.3, 0.4) is 0 Å². The average Bonchev–Trinajstić information content (AvgIpc) is 3.12. The van der Waals surface area contributed by atoms with Crippen molar-refractivity contribution in [2.75, 3.05) is 14.2 Å². The fourth-order valence-corrected chi connectivity index (χ4v) is 2.94. The first-order valence-corrected chi connectivity index (χ1v) is 8.03. The Morgan fingerprint density at radius 2 is 1.81 bits per heavy atom. The first-order valence-electron chi connectivity index (χ1n) is 8.03. The number of nitrogens with zero attached hydrogens (tertiary/aromatic N) is 1. The van der Waals surface area contributed by atoms with Crippen LogP contribution in [0.5, 0.6) is 11.5 Å². The highest BCUT2D eigenvalue weighted by atomic mass is 35.5. The van der Waals surface area contributed by atoms with Crippen LogP contribution in [0, 0.1) is 10.1 Å². The molecule has 0 saturated carbocycles. The number of nitro groups is 1. The van der Waals surface area contributed by atoms with Gasteiger partial charge in [0.2, 0.25) is 0 Å². The minimum atomic E-state index is -0.613. The number of ether oxygens (including phenoxy) is 2. The summed E-state index contributed by atoms with van der Waals surface area (Å²) in [7, 11) is 2.79. The Hall–Kier alpha value is -2.84. The van der Waals surface area contributed by atoms with E-state index in [4.69, 9.17) is 9.47 Å². The van der Waals surface area contributed by atoms with Gasteiger partial charge in [0.1, 0.15) is 5.56 Å². The van der Waals surface area contributed by atoms with E-state index in [0.29, 0.717) is 0 Å². The van der Waals surface area contributed by atoms with Crippen molar-refractivity contribution in [1.29, 1.82) is 0 Å². The van der Waals surface area contributed by atoms with Gasteiger partial charge in [-0.25, -0.2) is 0 Å². The Kier molecular flexibility index (Phi) is 6.59. The van der Waals surface area contributed by atoms with Crippen LogP contribution in [0.2, 0.25) is 0 Å². The molecule has 0 spiro atoms. The second kappa shape index (κ2) is 8.70. The van der Waals surface area contributed by atoms with Gasteiger partial charge in [0, 0.05) is 25.7 Å². The van der Waals surface area contributed by atoms with E-state index < -0.39 is 10.8 Å². The predicted octanol–water partition coefficient (Wildman–Crippen LogP) is 2.57. The number of carbonyl (C=O) groups is 1. The zero-order valence-electron chi connectivity index (χ0n) is 14.9. The van der Waals surface area contributed by atoms with Crippen LogP contribution in [0.1, 0.15) is 27.0 Å². The maximum Gasteiger partial charge on any atom is 0.286 e. The summed E-state index contributed by atoms with van der Waals surface area (Å²) in [6.45, 7) is 1.93. The summed E-state index contributed by atoms with van der Waals surface area (Å²) in [6.07, 6.45) is 0. The van der Waals surface area contributed by atoms with Crippen molar-refractivity contribution >= 4 is 24.0 Å². The first kappa shape index (κ1) is 20.5. The highest BCUT2D eigenvalue weighted by Crippen LogP contribution is 2.34. The number of nitro benzene ring substituents is 1. The van der Waals surface area contributed by atoms with Gasteiger partial charge in [0.25, 0.3) is 11.6 Å². The van der Waals surface area contributed by atoms with Crippen molar-refractivity contribution in [2.45, 2.75) is 19.6 Å². The minimum absolute atomic E-state index is 0. The second-order valence-electron chi connectivity index (χ2n) is 5.87. The lowest BCUT2D eigenvalue weighted by Gasteiger charge is -2.11. The molecule has 0 unspecified atom stereocenters. The summed E-state index contributed by atoms with van der Waals surface area (Å²) in [5.41, 5.74) is 2.97. The standard InChI is InChI=1S/C18H19N3O5.ClH/c1-25-16-6-14(15(21(23)24)7-17(16)26-2)18(22)20-8-11-3-4-12-9-19-10-13(12)5-11;/h3-7,19H,8-10H2,1-2H3,(H,20,22);1H. The number of halogens is 1. The van der Waals surface area contributed by atoms with Crippen LogP contribution in [0.15, 0.2) is 30.3 Å². The van der Waals surface area contributed by atoms with E-state index in [1.165, 1.54) is 37.5 Å². The number of benzene rings is 2.